The van der Waals surface area contributed by atoms with Crippen molar-refractivity contribution in [2.24, 2.45) is 5.10 Å². The summed E-state index contributed by atoms with van der Waals surface area (Å²) >= 11 is 0. The maximum Gasteiger partial charge on any atom is 0.343 e. The predicted molar refractivity (Wildman–Crippen MR) is 122 cm³/mol. The van der Waals surface area contributed by atoms with Gasteiger partial charge in [0.25, 0.3) is 5.91 Å². The average molecular weight is 448 g/mol. The Morgan fingerprint density at radius 1 is 1.03 bits per heavy atom. The van der Waals surface area contributed by atoms with Crippen molar-refractivity contribution in [3.8, 4) is 17.2 Å². The molecule has 170 valence electrons. The molecule has 0 atom stereocenters. The Bertz CT molecular complexity index is 1100. The molecule has 2 aromatic carbocycles. The van der Waals surface area contributed by atoms with Crippen LogP contribution in [0.4, 0.5) is 0 Å². The van der Waals surface area contributed by atoms with E-state index in [0.29, 0.717) is 35.8 Å². The maximum atomic E-state index is 12.6. The molecular formula is C24H24N4O5. The van der Waals surface area contributed by atoms with E-state index in [-0.39, 0.29) is 11.4 Å². The van der Waals surface area contributed by atoms with Crippen LogP contribution in [0.3, 0.4) is 0 Å². The number of benzene rings is 2. The smallest absolute Gasteiger partial charge is 0.343 e. The number of rotatable bonds is 10. The minimum atomic E-state index is -0.518. The summed E-state index contributed by atoms with van der Waals surface area (Å²) in [6.07, 6.45) is 6.57. The molecule has 0 fully saturated rings. The highest BCUT2D eigenvalue weighted by atomic mass is 16.6. The molecule has 3 aromatic rings. The average Bonchev–Trinajstić information content (AvgIpc) is 2.85. The molecule has 3 rings (SSSR count). The van der Waals surface area contributed by atoms with E-state index in [1.807, 2.05) is 13.8 Å². The Balaban J connectivity index is 1.66. The van der Waals surface area contributed by atoms with Gasteiger partial charge in [0.05, 0.1) is 31.2 Å². The fraction of sp³-hybridized carbons (Fsp3) is 0.208. The van der Waals surface area contributed by atoms with Crippen LogP contribution in [0.5, 0.6) is 17.2 Å². The number of esters is 1. The molecule has 1 heterocycles. The van der Waals surface area contributed by atoms with Crippen LogP contribution >= 0.6 is 0 Å². The lowest BCUT2D eigenvalue weighted by molar-refractivity contribution is 0.0728. The number of amides is 1. The van der Waals surface area contributed by atoms with E-state index < -0.39 is 11.9 Å². The van der Waals surface area contributed by atoms with Gasteiger partial charge in [0.2, 0.25) is 0 Å². The van der Waals surface area contributed by atoms with E-state index in [4.69, 9.17) is 14.2 Å². The third-order valence-corrected chi connectivity index (χ3v) is 4.21. The molecule has 0 spiro atoms. The molecule has 0 radical (unpaired) electrons. The molecule has 0 saturated heterocycles. The second-order valence-electron chi connectivity index (χ2n) is 6.69. The van der Waals surface area contributed by atoms with E-state index in [2.05, 4.69) is 20.5 Å². The molecule has 33 heavy (non-hydrogen) atoms. The van der Waals surface area contributed by atoms with Gasteiger partial charge in [-0.15, -0.1) is 0 Å². The Morgan fingerprint density at radius 2 is 1.85 bits per heavy atom. The Labute approximate surface area is 191 Å². The third-order valence-electron chi connectivity index (χ3n) is 4.21. The first-order valence-corrected chi connectivity index (χ1v) is 10.4. The van der Waals surface area contributed by atoms with Gasteiger partial charge in [-0.2, -0.15) is 5.10 Å². The second-order valence-corrected chi connectivity index (χ2v) is 6.69. The van der Waals surface area contributed by atoms with Crippen LogP contribution in [0.2, 0.25) is 0 Å². The first kappa shape index (κ1) is 23.4. The fourth-order valence-corrected chi connectivity index (χ4v) is 2.66. The highest BCUT2D eigenvalue weighted by Crippen LogP contribution is 2.29. The summed E-state index contributed by atoms with van der Waals surface area (Å²) in [6, 6.07) is 11.7. The monoisotopic (exact) mass is 448 g/mol. The van der Waals surface area contributed by atoms with Crippen molar-refractivity contribution in [1.82, 2.24) is 15.4 Å². The molecule has 1 amide bonds. The van der Waals surface area contributed by atoms with Crippen LogP contribution < -0.4 is 19.6 Å². The number of aromatic nitrogens is 2. The summed E-state index contributed by atoms with van der Waals surface area (Å²) in [7, 11) is 0. The van der Waals surface area contributed by atoms with E-state index >= 15 is 0 Å². The molecule has 0 saturated carbocycles. The highest BCUT2D eigenvalue weighted by Gasteiger charge is 2.13. The first-order valence-electron chi connectivity index (χ1n) is 10.4. The number of ether oxygens (including phenoxy) is 3. The lowest BCUT2D eigenvalue weighted by atomic mass is 10.2. The van der Waals surface area contributed by atoms with Crippen LogP contribution in [0, 0.1) is 0 Å². The SMILES string of the molecule is CCCOc1ccc(C(=O)Oc2ccc(C=NNC(=O)c3cnccn3)cc2OCC)cc1. The molecule has 9 heteroatoms. The molecule has 1 N–H and O–H groups in total. The zero-order valence-corrected chi connectivity index (χ0v) is 18.4. The number of hydrogen-bond donors (Lipinski definition) is 1. The molecule has 0 aliphatic rings. The summed E-state index contributed by atoms with van der Waals surface area (Å²) in [5, 5.41) is 3.92. The van der Waals surface area contributed by atoms with Gasteiger partial charge in [-0.25, -0.2) is 15.2 Å². The van der Waals surface area contributed by atoms with E-state index in [9.17, 15) is 9.59 Å². The summed E-state index contributed by atoms with van der Waals surface area (Å²) in [5.41, 5.74) is 3.55. The number of hydrazone groups is 1. The number of nitrogens with zero attached hydrogens (tertiary/aromatic N) is 3. The minimum absolute atomic E-state index is 0.150. The molecule has 0 aliphatic carbocycles. The zero-order valence-electron chi connectivity index (χ0n) is 18.4. The third kappa shape index (κ3) is 6.86. The van der Waals surface area contributed by atoms with Crippen LogP contribution in [0.1, 0.15) is 46.7 Å². The summed E-state index contributed by atoms with van der Waals surface area (Å²) in [4.78, 5) is 32.3. The normalized spacial score (nSPS) is 10.6. The van der Waals surface area contributed by atoms with Gasteiger partial charge in [0.1, 0.15) is 11.4 Å². The number of nitrogens with one attached hydrogen (secondary N) is 1. The molecule has 0 unspecified atom stereocenters. The van der Waals surface area contributed by atoms with Crippen molar-refractivity contribution in [1.29, 1.82) is 0 Å². The van der Waals surface area contributed by atoms with Gasteiger partial charge in [-0.3, -0.25) is 9.78 Å². The second kappa shape index (κ2) is 11.9. The molecule has 1 aromatic heterocycles. The first-order chi connectivity index (χ1) is 16.1. The summed E-state index contributed by atoms with van der Waals surface area (Å²) in [6.45, 7) is 4.83. The molecule has 9 nitrogen and oxygen atoms in total. The largest absolute Gasteiger partial charge is 0.494 e. The molecular weight excluding hydrogens is 424 g/mol. The topological polar surface area (TPSA) is 112 Å². The van der Waals surface area contributed by atoms with Gasteiger partial charge >= 0.3 is 5.97 Å². The van der Waals surface area contributed by atoms with Crippen molar-refractivity contribution >= 4 is 18.1 Å². The Hall–Kier alpha value is -4.27. The Kier molecular flexibility index (Phi) is 8.47. The van der Waals surface area contributed by atoms with E-state index in [1.54, 1.807) is 42.5 Å². The number of carbonyl (C=O) groups excluding carboxylic acids is 2. The van der Waals surface area contributed by atoms with Gasteiger partial charge in [-0.05, 0) is 61.4 Å². The van der Waals surface area contributed by atoms with Crippen molar-refractivity contribution in [3.63, 3.8) is 0 Å². The number of hydrogen-bond acceptors (Lipinski definition) is 8. The van der Waals surface area contributed by atoms with E-state index in [0.717, 1.165) is 6.42 Å². The molecule has 0 bridgehead atoms. The van der Waals surface area contributed by atoms with Crippen LogP contribution in [-0.4, -0.2) is 41.3 Å². The standard InChI is InChI=1S/C24H24N4O5/c1-3-13-32-19-8-6-18(7-9-19)24(30)33-21-10-5-17(14-22(21)31-4-2)15-27-28-23(29)20-16-25-11-12-26-20/h5-12,14-16H,3-4,13H2,1-2H3,(H,28,29). The fourth-order valence-electron chi connectivity index (χ4n) is 2.66. The predicted octanol–water partition coefficient (Wildman–Crippen LogP) is 3.65. The van der Waals surface area contributed by atoms with Crippen LogP contribution in [0.15, 0.2) is 66.2 Å². The van der Waals surface area contributed by atoms with Gasteiger partial charge < -0.3 is 14.2 Å². The van der Waals surface area contributed by atoms with Gasteiger partial charge in [0.15, 0.2) is 11.5 Å². The van der Waals surface area contributed by atoms with E-state index in [1.165, 1.54) is 24.8 Å². The summed E-state index contributed by atoms with van der Waals surface area (Å²) < 4.78 is 16.7. The minimum Gasteiger partial charge on any atom is -0.494 e. The lowest BCUT2D eigenvalue weighted by Gasteiger charge is -2.11. The Morgan fingerprint density at radius 3 is 2.55 bits per heavy atom. The number of carbonyl (C=O) groups is 2. The van der Waals surface area contributed by atoms with Crippen LogP contribution in [0.25, 0.3) is 0 Å². The highest BCUT2D eigenvalue weighted by molar-refractivity contribution is 5.93. The summed E-state index contributed by atoms with van der Waals surface area (Å²) in [5.74, 6) is 0.335. The van der Waals surface area contributed by atoms with Gasteiger partial charge in [-0.1, -0.05) is 6.92 Å². The van der Waals surface area contributed by atoms with Gasteiger partial charge in [0, 0.05) is 12.4 Å². The van der Waals surface area contributed by atoms with Crippen molar-refractivity contribution < 1.29 is 23.8 Å². The van der Waals surface area contributed by atoms with Crippen LogP contribution in [-0.2, 0) is 0 Å². The quantitative estimate of drug-likeness (QED) is 0.218. The van der Waals surface area contributed by atoms with Crippen molar-refractivity contribution in [2.45, 2.75) is 20.3 Å². The molecule has 0 aliphatic heterocycles. The van der Waals surface area contributed by atoms with Crippen molar-refractivity contribution in [2.75, 3.05) is 13.2 Å². The zero-order chi connectivity index (χ0) is 23.5. The maximum absolute atomic E-state index is 12.6. The van der Waals surface area contributed by atoms with Crippen molar-refractivity contribution in [3.05, 3.63) is 77.9 Å². The lowest BCUT2D eigenvalue weighted by Crippen LogP contribution is -2.19.